The van der Waals surface area contributed by atoms with Crippen LogP contribution in [0.25, 0.3) is 0 Å². The lowest BCUT2D eigenvalue weighted by Crippen LogP contribution is -2.52. The Morgan fingerprint density at radius 1 is 1.45 bits per heavy atom. The molecule has 7 nitrogen and oxygen atoms in total. The molecule has 22 heavy (non-hydrogen) atoms. The molecular formula is C14H19ClN4O3. The maximum absolute atomic E-state index is 12.6. The van der Waals surface area contributed by atoms with Crippen LogP contribution in [0.4, 0.5) is 0 Å². The van der Waals surface area contributed by atoms with Gasteiger partial charge in [0.25, 0.3) is 5.91 Å². The highest BCUT2D eigenvalue weighted by atomic mass is 35.5. The lowest BCUT2D eigenvalue weighted by Gasteiger charge is -2.39. The van der Waals surface area contributed by atoms with Crippen LogP contribution in [0.5, 0.6) is 0 Å². The molecular weight excluding hydrogens is 308 g/mol. The van der Waals surface area contributed by atoms with E-state index in [1.165, 1.54) is 0 Å². The minimum atomic E-state index is -0.888. The van der Waals surface area contributed by atoms with Crippen LogP contribution in [0, 0.1) is 18.3 Å². The van der Waals surface area contributed by atoms with Gasteiger partial charge in [-0.2, -0.15) is 5.10 Å². The number of carbonyl (C=O) groups is 2. The lowest BCUT2D eigenvalue weighted by atomic mass is 9.73. The number of hydrogen-bond acceptors (Lipinski definition) is 4. The van der Waals surface area contributed by atoms with Crippen LogP contribution in [0.2, 0.25) is 5.02 Å². The number of rotatable bonds is 2. The van der Waals surface area contributed by atoms with E-state index in [-0.39, 0.29) is 24.1 Å². The van der Waals surface area contributed by atoms with Gasteiger partial charge in [-0.05, 0) is 32.9 Å². The molecule has 3 heterocycles. The van der Waals surface area contributed by atoms with Gasteiger partial charge in [-0.15, -0.1) is 0 Å². The van der Waals surface area contributed by atoms with Crippen molar-refractivity contribution < 1.29 is 14.7 Å². The quantitative estimate of drug-likeness (QED) is 0.841. The summed E-state index contributed by atoms with van der Waals surface area (Å²) < 4.78 is 0. The van der Waals surface area contributed by atoms with Crippen LogP contribution < -0.4 is 0 Å². The fourth-order valence-electron chi connectivity index (χ4n) is 3.63. The summed E-state index contributed by atoms with van der Waals surface area (Å²) in [5, 5.41) is 16.7. The zero-order valence-electron chi connectivity index (χ0n) is 12.6. The predicted octanol–water partition coefficient (Wildman–Crippen LogP) is 0.850. The van der Waals surface area contributed by atoms with Crippen LogP contribution in [-0.4, -0.2) is 70.2 Å². The number of aromatic amines is 1. The number of piperidine rings is 1. The molecule has 2 aliphatic rings. The Bertz CT molecular complexity index is 632. The minimum Gasteiger partial charge on any atom is -0.481 e. The van der Waals surface area contributed by atoms with Crippen LogP contribution in [0.15, 0.2) is 0 Å². The Labute approximate surface area is 133 Å². The van der Waals surface area contributed by atoms with Crippen molar-refractivity contribution in [1.29, 1.82) is 0 Å². The Morgan fingerprint density at radius 3 is 2.77 bits per heavy atom. The van der Waals surface area contributed by atoms with Crippen molar-refractivity contribution >= 4 is 23.5 Å². The standard InChI is InChI=1S/C14H19ClN4O3/c1-8-10(15)11(17-16-8)12(20)19-5-9-3-4-18(2)6-14(9,7-19)13(21)22/h9H,3-7H2,1-2H3,(H,16,17)(H,21,22)/t9-,14-/m0/s1. The highest BCUT2D eigenvalue weighted by Gasteiger charge is 2.55. The van der Waals surface area contributed by atoms with E-state index in [0.29, 0.717) is 23.8 Å². The molecule has 0 aromatic carbocycles. The summed E-state index contributed by atoms with van der Waals surface area (Å²) >= 11 is 6.09. The molecule has 0 bridgehead atoms. The number of fused-ring (bicyclic) bond motifs is 1. The fourth-order valence-corrected chi connectivity index (χ4v) is 3.80. The van der Waals surface area contributed by atoms with E-state index >= 15 is 0 Å². The second-order valence-corrected chi connectivity index (χ2v) is 6.76. The highest BCUT2D eigenvalue weighted by molar-refractivity contribution is 6.34. The monoisotopic (exact) mass is 326 g/mol. The SMILES string of the molecule is Cc1[nH]nc(C(=O)N2C[C@@H]3CCN(C)C[C@]3(C(=O)O)C2)c1Cl. The van der Waals surface area contributed by atoms with E-state index in [1.54, 1.807) is 11.8 Å². The molecule has 0 unspecified atom stereocenters. The first kappa shape index (κ1) is 15.3. The van der Waals surface area contributed by atoms with Gasteiger partial charge in [-0.25, -0.2) is 0 Å². The first-order chi connectivity index (χ1) is 10.3. The maximum atomic E-state index is 12.6. The summed E-state index contributed by atoms with van der Waals surface area (Å²) in [7, 11) is 1.92. The summed E-state index contributed by atoms with van der Waals surface area (Å²) in [5.74, 6) is -1.15. The molecule has 0 radical (unpaired) electrons. The third-order valence-corrected chi connectivity index (χ3v) is 5.36. The molecule has 120 valence electrons. The fraction of sp³-hybridized carbons (Fsp3) is 0.643. The van der Waals surface area contributed by atoms with E-state index in [4.69, 9.17) is 11.6 Å². The number of H-pyrrole nitrogens is 1. The summed E-state index contributed by atoms with van der Waals surface area (Å²) in [6, 6.07) is 0. The molecule has 8 heteroatoms. The van der Waals surface area contributed by atoms with E-state index in [2.05, 4.69) is 10.2 Å². The number of aromatic nitrogens is 2. The molecule has 1 amide bonds. The molecule has 2 N–H and O–H groups in total. The van der Waals surface area contributed by atoms with Crippen LogP contribution in [0.3, 0.4) is 0 Å². The molecule has 2 aliphatic heterocycles. The molecule has 0 saturated carbocycles. The second kappa shape index (κ2) is 5.24. The topological polar surface area (TPSA) is 89.5 Å². The van der Waals surface area contributed by atoms with Crippen molar-refractivity contribution in [2.75, 3.05) is 33.2 Å². The van der Waals surface area contributed by atoms with E-state index in [9.17, 15) is 14.7 Å². The van der Waals surface area contributed by atoms with Crippen molar-refractivity contribution in [2.24, 2.45) is 11.3 Å². The van der Waals surface area contributed by atoms with Crippen molar-refractivity contribution in [3.8, 4) is 0 Å². The molecule has 3 rings (SSSR count). The van der Waals surface area contributed by atoms with Gasteiger partial charge in [0.1, 0.15) is 5.41 Å². The normalized spacial score (nSPS) is 28.7. The number of carboxylic acid groups (broad SMARTS) is 1. The molecule has 0 aliphatic carbocycles. The molecule has 2 fully saturated rings. The average Bonchev–Trinajstić information content (AvgIpc) is 3.00. The summed E-state index contributed by atoms with van der Waals surface area (Å²) in [6.45, 7) is 3.71. The van der Waals surface area contributed by atoms with Gasteiger partial charge >= 0.3 is 5.97 Å². The Balaban J connectivity index is 1.87. The molecule has 0 spiro atoms. The molecule has 1 aromatic rings. The number of aryl methyl sites for hydroxylation is 1. The Kier molecular flexibility index (Phi) is 3.65. The van der Waals surface area contributed by atoms with Crippen LogP contribution >= 0.6 is 11.6 Å². The zero-order valence-corrected chi connectivity index (χ0v) is 13.4. The number of amides is 1. The first-order valence-corrected chi connectivity index (χ1v) is 7.64. The zero-order chi connectivity index (χ0) is 16.1. The number of halogens is 1. The van der Waals surface area contributed by atoms with Gasteiger partial charge in [0.05, 0.1) is 10.7 Å². The second-order valence-electron chi connectivity index (χ2n) is 6.38. The smallest absolute Gasteiger partial charge is 0.313 e. The van der Waals surface area contributed by atoms with Gasteiger partial charge in [0, 0.05) is 19.6 Å². The Morgan fingerprint density at radius 2 is 2.18 bits per heavy atom. The van der Waals surface area contributed by atoms with Crippen LogP contribution in [-0.2, 0) is 4.79 Å². The Hall–Kier alpha value is -1.60. The van der Waals surface area contributed by atoms with E-state index in [1.807, 2.05) is 11.9 Å². The number of nitrogens with one attached hydrogen (secondary N) is 1. The van der Waals surface area contributed by atoms with Crippen molar-refractivity contribution in [2.45, 2.75) is 13.3 Å². The summed E-state index contributed by atoms with van der Waals surface area (Å²) in [5.41, 5.74) is -0.0819. The third kappa shape index (κ3) is 2.19. The van der Waals surface area contributed by atoms with E-state index in [0.717, 1.165) is 13.0 Å². The van der Waals surface area contributed by atoms with Crippen LogP contribution in [0.1, 0.15) is 22.6 Å². The van der Waals surface area contributed by atoms with Gasteiger partial charge in [0.15, 0.2) is 5.69 Å². The summed E-state index contributed by atoms with van der Waals surface area (Å²) in [4.78, 5) is 28.1. The number of carbonyl (C=O) groups excluding carboxylic acids is 1. The predicted molar refractivity (Wildman–Crippen MR) is 79.9 cm³/mol. The lowest BCUT2D eigenvalue weighted by molar-refractivity contribution is -0.153. The summed E-state index contributed by atoms with van der Waals surface area (Å²) in [6.07, 6.45) is 0.778. The number of likely N-dealkylation sites (tertiary alicyclic amines) is 2. The van der Waals surface area contributed by atoms with Crippen molar-refractivity contribution in [1.82, 2.24) is 20.0 Å². The van der Waals surface area contributed by atoms with Gasteiger partial charge in [0.2, 0.25) is 0 Å². The number of hydrogen-bond donors (Lipinski definition) is 2. The molecule has 2 saturated heterocycles. The number of carboxylic acids is 1. The molecule has 2 atom stereocenters. The third-order valence-electron chi connectivity index (χ3n) is 4.89. The first-order valence-electron chi connectivity index (χ1n) is 7.27. The molecule has 1 aromatic heterocycles. The van der Waals surface area contributed by atoms with E-state index < -0.39 is 11.4 Å². The largest absolute Gasteiger partial charge is 0.481 e. The number of aliphatic carboxylic acids is 1. The number of nitrogens with zero attached hydrogens (tertiary/aromatic N) is 3. The van der Waals surface area contributed by atoms with Gasteiger partial charge in [-0.1, -0.05) is 11.6 Å². The van der Waals surface area contributed by atoms with Gasteiger partial charge in [-0.3, -0.25) is 14.7 Å². The maximum Gasteiger partial charge on any atom is 0.313 e. The highest BCUT2D eigenvalue weighted by Crippen LogP contribution is 2.42. The van der Waals surface area contributed by atoms with Crippen molar-refractivity contribution in [3.63, 3.8) is 0 Å². The van der Waals surface area contributed by atoms with Gasteiger partial charge < -0.3 is 14.9 Å². The minimum absolute atomic E-state index is 0.0241. The van der Waals surface area contributed by atoms with Crippen molar-refractivity contribution in [3.05, 3.63) is 16.4 Å². The average molecular weight is 327 g/mol.